The van der Waals surface area contributed by atoms with E-state index in [0.717, 1.165) is 17.5 Å². The first-order chi connectivity index (χ1) is 9.21. The summed E-state index contributed by atoms with van der Waals surface area (Å²) in [7, 11) is -3.27. The maximum atomic E-state index is 12.5. The van der Waals surface area contributed by atoms with Gasteiger partial charge in [0.1, 0.15) is 0 Å². The molecule has 1 atom stereocenters. The Balaban J connectivity index is 0.00000220. The molecule has 6 heteroatoms. The fraction of sp³-hybridized carbons (Fsp3) is 0.600. The summed E-state index contributed by atoms with van der Waals surface area (Å²) in [6, 6.07) is 7.73. The van der Waals surface area contributed by atoms with E-state index in [9.17, 15) is 8.42 Å². The summed E-state index contributed by atoms with van der Waals surface area (Å²) in [6.07, 6.45) is 0.722. The van der Waals surface area contributed by atoms with E-state index < -0.39 is 10.0 Å². The van der Waals surface area contributed by atoms with Gasteiger partial charge < -0.3 is 5.73 Å². The zero-order valence-corrected chi connectivity index (χ0v) is 14.5. The van der Waals surface area contributed by atoms with Gasteiger partial charge in [-0.15, -0.1) is 12.4 Å². The minimum atomic E-state index is -3.27. The van der Waals surface area contributed by atoms with Crippen molar-refractivity contribution in [2.24, 2.45) is 11.1 Å². The van der Waals surface area contributed by atoms with Crippen LogP contribution in [0.1, 0.15) is 31.4 Å². The van der Waals surface area contributed by atoms with Crippen LogP contribution in [0.4, 0.5) is 0 Å². The van der Waals surface area contributed by atoms with Gasteiger partial charge in [-0.1, -0.05) is 43.7 Å². The highest BCUT2D eigenvalue weighted by atomic mass is 35.5. The molecule has 1 fully saturated rings. The number of nitrogens with two attached hydrogens (primary N) is 1. The van der Waals surface area contributed by atoms with E-state index in [-0.39, 0.29) is 29.6 Å². The van der Waals surface area contributed by atoms with Gasteiger partial charge in [0.15, 0.2) is 0 Å². The van der Waals surface area contributed by atoms with Crippen LogP contribution in [0.15, 0.2) is 24.3 Å². The van der Waals surface area contributed by atoms with Gasteiger partial charge in [0.05, 0.1) is 5.75 Å². The third kappa shape index (κ3) is 4.42. The van der Waals surface area contributed by atoms with Crippen molar-refractivity contribution in [2.45, 2.75) is 39.0 Å². The van der Waals surface area contributed by atoms with Crippen molar-refractivity contribution >= 4 is 22.4 Å². The Morgan fingerprint density at radius 1 is 1.38 bits per heavy atom. The minimum Gasteiger partial charge on any atom is -0.327 e. The molecule has 1 aromatic carbocycles. The fourth-order valence-electron chi connectivity index (χ4n) is 2.67. The predicted octanol–water partition coefficient (Wildman–Crippen LogP) is 2.31. The van der Waals surface area contributed by atoms with Crippen LogP contribution in [0.5, 0.6) is 0 Å². The van der Waals surface area contributed by atoms with Crippen molar-refractivity contribution < 1.29 is 8.42 Å². The third-order valence-corrected chi connectivity index (χ3v) is 5.90. The van der Waals surface area contributed by atoms with E-state index in [1.54, 1.807) is 4.31 Å². The van der Waals surface area contributed by atoms with E-state index in [1.165, 1.54) is 0 Å². The molecule has 1 aliphatic heterocycles. The second kappa shape index (κ2) is 6.65. The largest absolute Gasteiger partial charge is 0.327 e. The molecule has 1 unspecified atom stereocenters. The molecule has 120 valence electrons. The normalized spacial score (nSPS) is 22.6. The minimum absolute atomic E-state index is 0. The molecule has 1 saturated heterocycles. The van der Waals surface area contributed by atoms with Gasteiger partial charge >= 0.3 is 0 Å². The van der Waals surface area contributed by atoms with E-state index in [2.05, 4.69) is 0 Å². The molecule has 21 heavy (non-hydrogen) atoms. The van der Waals surface area contributed by atoms with Gasteiger partial charge in [0, 0.05) is 19.1 Å². The van der Waals surface area contributed by atoms with Gasteiger partial charge in [-0.05, 0) is 24.3 Å². The first kappa shape index (κ1) is 18.4. The van der Waals surface area contributed by atoms with Crippen molar-refractivity contribution in [1.82, 2.24) is 4.31 Å². The lowest BCUT2D eigenvalue weighted by molar-refractivity contribution is 0.155. The van der Waals surface area contributed by atoms with Crippen LogP contribution in [0.2, 0.25) is 0 Å². The van der Waals surface area contributed by atoms with Gasteiger partial charge in [-0.2, -0.15) is 0 Å². The summed E-state index contributed by atoms with van der Waals surface area (Å²) < 4.78 is 26.7. The molecule has 0 aliphatic carbocycles. The summed E-state index contributed by atoms with van der Waals surface area (Å²) >= 11 is 0. The Kier molecular flexibility index (Phi) is 5.83. The highest BCUT2D eigenvalue weighted by Crippen LogP contribution is 2.30. The molecule has 0 radical (unpaired) electrons. The summed E-state index contributed by atoms with van der Waals surface area (Å²) in [4.78, 5) is 0. The van der Waals surface area contributed by atoms with Crippen molar-refractivity contribution in [2.75, 3.05) is 13.1 Å². The SMILES string of the molecule is Cc1cccc(CS(=O)(=O)N2CCC(N)C(C)(C)C2)c1.Cl. The molecular formula is C15H25ClN2O2S. The molecule has 0 spiro atoms. The Morgan fingerprint density at radius 3 is 2.62 bits per heavy atom. The summed E-state index contributed by atoms with van der Waals surface area (Å²) in [5, 5.41) is 0. The Bertz CT molecular complexity index is 587. The molecule has 2 N–H and O–H groups in total. The summed E-state index contributed by atoms with van der Waals surface area (Å²) in [5.41, 5.74) is 7.83. The Morgan fingerprint density at radius 2 is 2.05 bits per heavy atom. The van der Waals surface area contributed by atoms with E-state index in [1.807, 2.05) is 45.0 Å². The molecule has 0 saturated carbocycles. The average molecular weight is 333 g/mol. The maximum Gasteiger partial charge on any atom is 0.218 e. The van der Waals surface area contributed by atoms with Crippen LogP contribution in [0.3, 0.4) is 0 Å². The van der Waals surface area contributed by atoms with E-state index >= 15 is 0 Å². The second-order valence-electron chi connectivity index (χ2n) is 6.46. The number of sulfonamides is 1. The number of rotatable bonds is 3. The smallest absolute Gasteiger partial charge is 0.218 e. The summed E-state index contributed by atoms with van der Waals surface area (Å²) in [5.74, 6) is 0.0694. The molecule has 1 aliphatic rings. The van der Waals surface area contributed by atoms with E-state index in [0.29, 0.717) is 13.1 Å². The summed E-state index contributed by atoms with van der Waals surface area (Å²) in [6.45, 7) is 7.07. The number of halogens is 1. The molecule has 0 aromatic heterocycles. The zero-order chi connectivity index (χ0) is 15.0. The van der Waals surface area contributed by atoms with Gasteiger partial charge in [0.2, 0.25) is 10.0 Å². The maximum absolute atomic E-state index is 12.5. The highest BCUT2D eigenvalue weighted by Gasteiger charge is 2.38. The van der Waals surface area contributed by atoms with Gasteiger partial charge in [0.25, 0.3) is 0 Å². The highest BCUT2D eigenvalue weighted by molar-refractivity contribution is 7.88. The number of nitrogens with zero attached hydrogens (tertiary/aromatic N) is 1. The van der Waals surface area contributed by atoms with Crippen molar-refractivity contribution in [1.29, 1.82) is 0 Å². The number of piperidine rings is 1. The van der Waals surface area contributed by atoms with Crippen LogP contribution >= 0.6 is 12.4 Å². The average Bonchev–Trinajstić information content (AvgIpc) is 2.32. The van der Waals surface area contributed by atoms with Crippen LogP contribution < -0.4 is 5.73 Å². The third-order valence-electron chi connectivity index (χ3n) is 4.10. The van der Waals surface area contributed by atoms with Crippen LogP contribution in [-0.4, -0.2) is 31.9 Å². The molecular weight excluding hydrogens is 308 g/mol. The standard InChI is InChI=1S/C15H24N2O2S.ClH/c1-12-5-4-6-13(9-12)10-20(18,19)17-8-7-14(16)15(2,3)11-17;/h4-6,9,14H,7-8,10-11,16H2,1-3H3;1H. The molecule has 0 amide bonds. The van der Waals surface area contributed by atoms with Crippen molar-refractivity contribution in [3.05, 3.63) is 35.4 Å². The molecule has 1 heterocycles. The van der Waals surface area contributed by atoms with Crippen molar-refractivity contribution in [3.63, 3.8) is 0 Å². The molecule has 1 aromatic rings. The van der Waals surface area contributed by atoms with Crippen molar-refractivity contribution in [3.8, 4) is 0 Å². The number of benzene rings is 1. The van der Waals surface area contributed by atoms with E-state index in [4.69, 9.17) is 5.73 Å². The van der Waals surface area contributed by atoms with Gasteiger partial charge in [-0.25, -0.2) is 12.7 Å². The Hall–Kier alpha value is -0.620. The van der Waals surface area contributed by atoms with Crippen LogP contribution in [-0.2, 0) is 15.8 Å². The lowest BCUT2D eigenvalue weighted by Gasteiger charge is -2.41. The molecule has 2 rings (SSSR count). The number of aryl methyl sites for hydroxylation is 1. The second-order valence-corrected chi connectivity index (χ2v) is 8.43. The lowest BCUT2D eigenvalue weighted by Crippen LogP contribution is -2.54. The quantitative estimate of drug-likeness (QED) is 0.923. The molecule has 4 nitrogen and oxygen atoms in total. The predicted molar refractivity (Wildman–Crippen MR) is 89.0 cm³/mol. The Labute approximate surface area is 134 Å². The first-order valence-corrected chi connectivity index (χ1v) is 8.60. The zero-order valence-electron chi connectivity index (χ0n) is 12.9. The first-order valence-electron chi connectivity index (χ1n) is 7.00. The number of hydrogen-bond donors (Lipinski definition) is 1. The monoisotopic (exact) mass is 332 g/mol. The lowest BCUT2D eigenvalue weighted by atomic mass is 9.81. The topological polar surface area (TPSA) is 63.4 Å². The van der Waals surface area contributed by atoms with Crippen LogP contribution in [0, 0.1) is 12.3 Å². The van der Waals surface area contributed by atoms with Gasteiger partial charge in [-0.3, -0.25) is 0 Å². The van der Waals surface area contributed by atoms with Crippen LogP contribution in [0.25, 0.3) is 0 Å². The fourth-order valence-corrected chi connectivity index (χ4v) is 4.36. The molecule has 0 bridgehead atoms. The number of hydrogen-bond acceptors (Lipinski definition) is 3.